The average Bonchev–Trinajstić information content (AvgIpc) is 2.99. The topological polar surface area (TPSA) is 132 Å². The lowest BCUT2D eigenvalue weighted by atomic mass is 9.65. The van der Waals surface area contributed by atoms with Crippen LogP contribution in [0, 0.1) is 6.92 Å². The predicted molar refractivity (Wildman–Crippen MR) is 118 cm³/mol. The zero-order chi connectivity index (χ0) is 22.2. The van der Waals surface area contributed by atoms with Gasteiger partial charge in [-0.2, -0.15) is 4.68 Å². The monoisotopic (exact) mass is 431 g/mol. The Morgan fingerprint density at radius 3 is 2.59 bits per heavy atom. The summed E-state index contributed by atoms with van der Waals surface area (Å²) in [4.78, 5) is 38.6. The molecule has 1 aliphatic heterocycles. The number of amides is 1. The van der Waals surface area contributed by atoms with Crippen molar-refractivity contribution in [2.24, 2.45) is 0 Å². The van der Waals surface area contributed by atoms with Gasteiger partial charge in [0.1, 0.15) is 11.5 Å². The number of nitrogens with one attached hydrogen (secondary N) is 2. The van der Waals surface area contributed by atoms with E-state index in [4.69, 9.17) is 10.5 Å². The molecule has 1 spiro atoms. The van der Waals surface area contributed by atoms with Crippen molar-refractivity contribution in [1.29, 1.82) is 0 Å². The molecule has 0 radical (unpaired) electrons. The van der Waals surface area contributed by atoms with Crippen molar-refractivity contribution in [2.75, 3.05) is 11.1 Å². The van der Waals surface area contributed by atoms with Gasteiger partial charge in [-0.1, -0.05) is 6.42 Å². The SMILES string of the molecule is Cc1cc(-n2nc(N)c(=O)[nH]c2=O)c2c(c1Oc1ccc3c(c1)C1(CCC1)C(=O)N3)CC2. The third kappa shape index (κ3) is 2.44. The minimum Gasteiger partial charge on any atom is -0.457 e. The number of H-pyrrole nitrogens is 1. The maximum absolute atomic E-state index is 12.5. The molecule has 0 unspecified atom stereocenters. The van der Waals surface area contributed by atoms with E-state index in [0.717, 1.165) is 70.5 Å². The van der Waals surface area contributed by atoms with Crippen LogP contribution in [0.25, 0.3) is 5.69 Å². The number of carbonyl (C=O) groups excluding carboxylic acids is 1. The van der Waals surface area contributed by atoms with Crippen LogP contribution >= 0.6 is 0 Å². The molecule has 0 atom stereocenters. The molecule has 32 heavy (non-hydrogen) atoms. The summed E-state index contributed by atoms with van der Waals surface area (Å²) >= 11 is 0. The Morgan fingerprint density at radius 1 is 1.12 bits per heavy atom. The first-order chi connectivity index (χ1) is 15.4. The second kappa shape index (κ2) is 6.32. The molecule has 9 heteroatoms. The van der Waals surface area contributed by atoms with Gasteiger partial charge < -0.3 is 15.8 Å². The van der Waals surface area contributed by atoms with Crippen LogP contribution in [0.2, 0.25) is 0 Å². The van der Waals surface area contributed by atoms with Crippen LogP contribution in [0.1, 0.15) is 41.5 Å². The van der Waals surface area contributed by atoms with Gasteiger partial charge in [-0.15, -0.1) is 5.10 Å². The maximum atomic E-state index is 12.5. The van der Waals surface area contributed by atoms with E-state index < -0.39 is 16.7 Å². The molecule has 2 heterocycles. The van der Waals surface area contributed by atoms with Crippen molar-refractivity contribution in [1.82, 2.24) is 14.8 Å². The molecule has 1 fully saturated rings. The third-order valence-electron chi connectivity index (χ3n) is 6.98. The fourth-order valence-corrected chi connectivity index (χ4v) is 5.01. The van der Waals surface area contributed by atoms with E-state index in [9.17, 15) is 14.4 Å². The van der Waals surface area contributed by atoms with Crippen LogP contribution in [0.15, 0.2) is 33.9 Å². The highest BCUT2D eigenvalue weighted by Gasteiger charge is 2.51. The largest absolute Gasteiger partial charge is 0.457 e. The number of aryl methyl sites for hydroxylation is 1. The number of rotatable bonds is 3. The van der Waals surface area contributed by atoms with Gasteiger partial charge in [0.2, 0.25) is 11.7 Å². The smallest absolute Gasteiger partial charge is 0.349 e. The summed E-state index contributed by atoms with van der Waals surface area (Å²) < 4.78 is 7.47. The normalized spacial score (nSPS) is 17.2. The molecule has 2 aliphatic carbocycles. The lowest BCUT2D eigenvalue weighted by Crippen LogP contribution is -2.40. The highest BCUT2D eigenvalue weighted by molar-refractivity contribution is 6.07. The van der Waals surface area contributed by atoms with E-state index in [1.165, 1.54) is 0 Å². The molecule has 0 saturated heterocycles. The second-order valence-corrected chi connectivity index (χ2v) is 8.75. The van der Waals surface area contributed by atoms with Crippen LogP contribution in [-0.2, 0) is 23.1 Å². The zero-order valence-corrected chi connectivity index (χ0v) is 17.4. The molecule has 1 saturated carbocycles. The summed E-state index contributed by atoms with van der Waals surface area (Å²) in [5.74, 6) is 1.25. The molecule has 0 bridgehead atoms. The minimum atomic E-state index is -0.699. The number of fused-ring (bicyclic) bond motifs is 3. The van der Waals surface area contributed by atoms with Crippen LogP contribution in [0.5, 0.6) is 11.5 Å². The summed E-state index contributed by atoms with van der Waals surface area (Å²) in [5.41, 5.74) is 9.15. The van der Waals surface area contributed by atoms with Crippen molar-refractivity contribution in [3.05, 3.63) is 67.4 Å². The van der Waals surface area contributed by atoms with Gasteiger partial charge in [0, 0.05) is 11.3 Å². The van der Waals surface area contributed by atoms with Crippen molar-refractivity contribution in [3.63, 3.8) is 0 Å². The van der Waals surface area contributed by atoms with E-state index in [0.29, 0.717) is 11.4 Å². The van der Waals surface area contributed by atoms with Crippen molar-refractivity contribution in [3.8, 4) is 17.2 Å². The van der Waals surface area contributed by atoms with Crippen LogP contribution in [-0.4, -0.2) is 20.7 Å². The number of nitrogens with zero attached hydrogens (tertiary/aromatic N) is 2. The Kier molecular flexibility index (Phi) is 3.72. The first kappa shape index (κ1) is 18.9. The molecule has 9 nitrogen and oxygen atoms in total. The summed E-state index contributed by atoms with van der Waals surface area (Å²) in [6, 6.07) is 7.56. The van der Waals surface area contributed by atoms with Crippen LogP contribution in [0.4, 0.5) is 11.5 Å². The first-order valence-corrected chi connectivity index (χ1v) is 10.7. The van der Waals surface area contributed by atoms with Gasteiger partial charge in [-0.3, -0.25) is 14.6 Å². The highest BCUT2D eigenvalue weighted by atomic mass is 16.5. The van der Waals surface area contributed by atoms with Crippen molar-refractivity contribution >= 4 is 17.4 Å². The Labute approximate surface area is 182 Å². The Morgan fingerprint density at radius 2 is 1.91 bits per heavy atom. The summed E-state index contributed by atoms with van der Waals surface area (Å²) in [5, 5.41) is 6.96. The van der Waals surface area contributed by atoms with Crippen LogP contribution < -0.4 is 27.0 Å². The van der Waals surface area contributed by atoms with Gasteiger partial charge in [0.15, 0.2) is 0 Å². The Hall–Kier alpha value is -3.88. The quantitative estimate of drug-likeness (QED) is 0.582. The second-order valence-electron chi connectivity index (χ2n) is 8.75. The number of benzene rings is 2. The van der Waals surface area contributed by atoms with E-state index in [1.807, 2.05) is 31.2 Å². The van der Waals surface area contributed by atoms with E-state index in [1.54, 1.807) is 0 Å². The molecule has 1 aromatic heterocycles. The van der Waals surface area contributed by atoms with Gasteiger partial charge in [-0.05, 0) is 73.6 Å². The number of aromatic nitrogens is 3. The molecule has 1 amide bonds. The third-order valence-corrected chi connectivity index (χ3v) is 6.98. The number of hydrogen-bond donors (Lipinski definition) is 3. The summed E-state index contributed by atoms with van der Waals surface area (Å²) in [6.45, 7) is 1.91. The van der Waals surface area contributed by atoms with Gasteiger partial charge in [-0.25, -0.2) is 4.79 Å². The molecule has 3 aliphatic rings. The van der Waals surface area contributed by atoms with Crippen LogP contribution in [0.3, 0.4) is 0 Å². The minimum absolute atomic E-state index is 0.0821. The fourth-order valence-electron chi connectivity index (χ4n) is 5.01. The number of hydrogen-bond acceptors (Lipinski definition) is 6. The van der Waals surface area contributed by atoms with E-state index >= 15 is 0 Å². The summed E-state index contributed by atoms with van der Waals surface area (Å²) in [7, 11) is 0. The lowest BCUT2D eigenvalue weighted by Gasteiger charge is -2.36. The number of nitrogen functional groups attached to an aromatic ring is 1. The molecule has 3 aromatic rings. The highest BCUT2D eigenvalue weighted by Crippen LogP contribution is 2.52. The van der Waals surface area contributed by atoms with Gasteiger partial charge in [0.25, 0.3) is 5.56 Å². The molecule has 4 N–H and O–H groups in total. The first-order valence-electron chi connectivity index (χ1n) is 10.7. The number of aromatic amines is 1. The maximum Gasteiger partial charge on any atom is 0.349 e. The molecular formula is C23H21N5O4. The van der Waals surface area contributed by atoms with E-state index in [-0.39, 0.29) is 11.7 Å². The van der Waals surface area contributed by atoms with Crippen molar-refractivity contribution in [2.45, 2.75) is 44.4 Å². The predicted octanol–water partition coefficient (Wildman–Crippen LogP) is 2.08. The molecule has 162 valence electrons. The fraction of sp³-hybridized carbons (Fsp3) is 0.304. The van der Waals surface area contributed by atoms with Crippen molar-refractivity contribution < 1.29 is 9.53 Å². The molecular weight excluding hydrogens is 410 g/mol. The average molecular weight is 431 g/mol. The Bertz CT molecular complexity index is 1450. The lowest BCUT2D eigenvalue weighted by molar-refractivity contribution is -0.123. The van der Waals surface area contributed by atoms with Gasteiger partial charge in [0.05, 0.1) is 11.1 Å². The molecule has 2 aromatic carbocycles. The summed E-state index contributed by atoms with van der Waals surface area (Å²) in [6.07, 6.45) is 4.35. The number of nitrogens with two attached hydrogens (primary N) is 1. The number of anilines is 2. The Balaban J connectivity index is 1.41. The number of carbonyl (C=O) groups is 1. The standard InChI is InChI=1S/C23H21N5O4/c1-11-9-17(28-22(31)26-20(29)19(24)27-28)13-4-5-14(13)18(11)32-12-3-6-16-15(10-12)23(7-2-8-23)21(30)25-16/h3,6,9-10H,2,4-5,7-8H2,1H3,(H2,24,27)(H,25,30)(H,26,29,31). The van der Waals surface area contributed by atoms with Gasteiger partial charge >= 0.3 is 5.69 Å². The van der Waals surface area contributed by atoms with E-state index in [2.05, 4.69) is 15.4 Å². The zero-order valence-electron chi connectivity index (χ0n) is 17.4. The molecule has 6 rings (SSSR count). The number of ether oxygens (including phenoxy) is 1.